The molecule has 130 valence electrons. The fourth-order valence-electron chi connectivity index (χ4n) is 2.27. The molecule has 0 saturated heterocycles. The Hall–Kier alpha value is -2.08. The zero-order valence-electron chi connectivity index (χ0n) is 14.4. The van der Waals surface area contributed by atoms with Gasteiger partial charge in [0.1, 0.15) is 5.75 Å². The second kappa shape index (κ2) is 8.15. The molecule has 0 unspecified atom stereocenters. The maximum atomic E-state index is 11.8. The molecule has 0 spiro atoms. The Morgan fingerprint density at radius 3 is 2.58 bits per heavy atom. The average molecular weight is 348 g/mol. The Balaban J connectivity index is 1.80. The van der Waals surface area contributed by atoms with E-state index >= 15 is 0 Å². The van der Waals surface area contributed by atoms with Crippen LogP contribution in [0.3, 0.4) is 0 Å². The van der Waals surface area contributed by atoms with Gasteiger partial charge in [0.2, 0.25) is 0 Å². The van der Waals surface area contributed by atoms with Crippen molar-refractivity contribution in [2.24, 2.45) is 5.41 Å². The summed E-state index contributed by atoms with van der Waals surface area (Å²) in [6.45, 7) is 6.60. The van der Waals surface area contributed by atoms with Gasteiger partial charge in [-0.1, -0.05) is 0 Å². The maximum absolute atomic E-state index is 11.8. The molecule has 0 radical (unpaired) electrons. The number of hydrogen-bond donors (Lipinski definition) is 1. The number of esters is 1. The summed E-state index contributed by atoms with van der Waals surface area (Å²) < 4.78 is 10.8. The van der Waals surface area contributed by atoms with Gasteiger partial charge >= 0.3 is 5.97 Å². The van der Waals surface area contributed by atoms with Gasteiger partial charge in [-0.3, -0.25) is 4.79 Å². The van der Waals surface area contributed by atoms with E-state index in [4.69, 9.17) is 15.2 Å². The maximum Gasteiger partial charge on any atom is 0.311 e. The third kappa shape index (κ3) is 4.96. The van der Waals surface area contributed by atoms with Crippen LogP contribution in [0.1, 0.15) is 33.6 Å². The van der Waals surface area contributed by atoms with E-state index in [1.165, 1.54) is 11.3 Å². The lowest BCUT2D eigenvalue weighted by molar-refractivity contribution is -0.153. The molecule has 1 aromatic heterocycles. The number of carbonyl (C=O) groups excluding carboxylic acids is 1. The van der Waals surface area contributed by atoms with Gasteiger partial charge in [0.05, 0.1) is 24.3 Å². The van der Waals surface area contributed by atoms with Crippen LogP contribution in [0.15, 0.2) is 29.6 Å². The number of carbonyl (C=O) groups is 1. The number of ether oxygens (including phenoxy) is 2. The number of nitrogen functional groups attached to an aromatic ring is 1. The van der Waals surface area contributed by atoms with E-state index < -0.39 is 5.41 Å². The molecule has 1 aromatic carbocycles. The van der Waals surface area contributed by atoms with Crippen LogP contribution < -0.4 is 10.5 Å². The number of benzene rings is 1. The molecule has 5 nitrogen and oxygen atoms in total. The minimum Gasteiger partial charge on any atom is -0.494 e. The summed E-state index contributed by atoms with van der Waals surface area (Å²) in [7, 11) is 0. The van der Waals surface area contributed by atoms with Crippen LogP contribution in [0.25, 0.3) is 11.3 Å². The van der Waals surface area contributed by atoms with Crippen LogP contribution in [0.5, 0.6) is 5.75 Å². The number of hydrogen-bond acceptors (Lipinski definition) is 6. The molecule has 0 fully saturated rings. The molecule has 0 bridgehead atoms. The Bertz CT molecular complexity index is 665. The van der Waals surface area contributed by atoms with Gasteiger partial charge in [-0.2, -0.15) is 0 Å². The van der Waals surface area contributed by atoms with Gasteiger partial charge in [-0.15, -0.1) is 11.3 Å². The van der Waals surface area contributed by atoms with Gasteiger partial charge < -0.3 is 15.2 Å². The summed E-state index contributed by atoms with van der Waals surface area (Å²) in [4.78, 5) is 16.1. The summed E-state index contributed by atoms with van der Waals surface area (Å²) in [5.74, 6) is 0.646. The van der Waals surface area contributed by atoms with Crippen molar-refractivity contribution in [2.45, 2.75) is 33.6 Å². The van der Waals surface area contributed by atoms with Crippen molar-refractivity contribution in [1.29, 1.82) is 0 Å². The highest BCUT2D eigenvalue weighted by Gasteiger charge is 2.28. The summed E-state index contributed by atoms with van der Waals surface area (Å²) >= 11 is 1.43. The lowest BCUT2D eigenvalue weighted by Crippen LogP contribution is -2.27. The van der Waals surface area contributed by atoms with Crippen LogP contribution in [0, 0.1) is 5.41 Å². The minimum atomic E-state index is -0.478. The Morgan fingerprint density at radius 1 is 1.29 bits per heavy atom. The van der Waals surface area contributed by atoms with E-state index in [0.717, 1.165) is 29.8 Å². The predicted octanol–water partition coefficient (Wildman–Crippen LogP) is 4.14. The van der Waals surface area contributed by atoms with E-state index in [9.17, 15) is 4.79 Å². The Kier molecular flexibility index (Phi) is 6.20. The van der Waals surface area contributed by atoms with E-state index in [2.05, 4.69) is 4.98 Å². The number of anilines is 1. The van der Waals surface area contributed by atoms with E-state index in [0.29, 0.717) is 18.3 Å². The number of nitrogens with zero attached hydrogens (tertiary/aromatic N) is 1. The highest BCUT2D eigenvalue weighted by molar-refractivity contribution is 7.13. The molecular formula is C18H24N2O3S. The molecule has 6 heteroatoms. The van der Waals surface area contributed by atoms with Gasteiger partial charge in [0, 0.05) is 10.9 Å². The third-order valence-corrected chi connectivity index (χ3v) is 4.39. The van der Waals surface area contributed by atoms with Crippen LogP contribution >= 0.6 is 11.3 Å². The van der Waals surface area contributed by atoms with Crippen LogP contribution in [-0.2, 0) is 9.53 Å². The van der Waals surface area contributed by atoms with Gasteiger partial charge in [0.15, 0.2) is 5.13 Å². The predicted molar refractivity (Wildman–Crippen MR) is 97.1 cm³/mol. The van der Waals surface area contributed by atoms with Crippen LogP contribution in [0.2, 0.25) is 0 Å². The molecule has 2 aromatic rings. The third-order valence-electron chi connectivity index (χ3n) is 3.71. The first-order chi connectivity index (χ1) is 11.4. The van der Waals surface area contributed by atoms with E-state index in [1.54, 1.807) is 0 Å². The van der Waals surface area contributed by atoms with Gasteiger partial charge in [0.25, 0.3) is 0 Å². The molecule has 2 rings (SSSR count). The molecule has 1 heterocycles. The second-order valence-corrected chi connectivity index (χ2v) is 7.04. The molecule has 0 amide bonds. The number of aromatic nitrogens is 1. The first-order valence-corrected chi connectivity index (χ1v) is 8.92. The fraction of sp³-hybridized carbons (Fsp3) is 0.444. The topological polar surface area (TPSA) is 74.4 Å². The zero-order chi connectivity index (χ0) is 17.6. The smallest absolute Gasteiger partial charge is 0.311 e. The first-order valence-electron chi connectivity index (χ1n) is 8.04. The number of thiazole rings is 1. The van der Waals surface area contributed by atoms with Crippen molar-refractivity contribution in [2.75, 3.05) is 18.9 Å². The molecular weight excluding hydrogens is 324 g/mol. The van der Waals surface area contributed by atoms with Crippen molar-refractivity contribution in [3.8, 4) is 17.0 Å². The van der Waals surface area contributed by atoms with E-state index in [1.807, 2.05) is 50.4 Å². The highest BCUT2D eigenvalue weighted by atomic mass is 32.1. The standard InChI is InChI=1S/C18H24N2O3S/c1-4-22-16(21)18(2,3)10-5-11-23-14-8-6-13(7-9-14)15-12-24-17(19)20-15/h6-9,12H,4-5,10-11H2,1-3H3,(H2,19,20). The van der Waals surface area contributed by atoms with Crippen molar-refractivity contribution >= 4 is 22.4 Å². The minimum absolute atomic E-state index is 0.156. The van der Waals surface area contributed by atoms with Crippen molar-refractivity contribution in [3.05, 3.63) is 29.6 Å². The lowest BCUT2D eigenvalue weighted by atomic mass is 9.88. The highest BCUT2D eigenvalue weighted by Crippen LogP contribution is 2.26. The normalized spacial score (nSPS) is 11.3. The average Bonchev–Trinajstić information content (AvgIpc) is 2.99. The molecule has 0 aliphatic heterocycles. The molecule has 0 aliphatic rings. The van der Waals surface area contributed by atoms with E-state index in [-0.39, 0.29) is 5.97 Å². The molecule has 2 N–H and O–H groups in total. The fourth-order valence-corrected chi connectivity index (χ4v) is 2.85. The first kappa shape index (κ1) is 18.3. The monoisotopic (exact) mass is 348 g/mol. The zero-order valence-corrected chi connectivity index (χ0v) is 15.2. The van der Waals surface area contributed by atoms with Crippen LogP contribution in [-0.4, -0.2) is 24.2 Å². The van der Waals surface area contributed by atoms with Crippen molar-refractivity contribution in [1.82, 2.24) is 4.98 Å². The second-order valence-electron chi connectivity index (χ2n) is 6.15. The molecule has 0 atom stereocenters. The largest absolute Gasteiger partial charge is 0.494 e. The lowest BCUT2D eigenvalue weighted by Gasteiger charge is -2.22. The number of nitrogens with two attached hydrogens (primary N) is 1. The Morgan fingerprint density at radius 2 is 2.00 bits per heavy atom. The quantitative estimate of drug-likeness (QED) is 0.573. The van der Waals surface area contributed by atoms with Gasteiger partial charge in [-0.05, 0) is 57.9 Å². The summed E-state index contributed by atoms with van der Waals surface area (Å²) in [6, 6.07) is 7.77. The number of rotatable bonds is 8. The molecule has 0 aliphatic carbocycles. The van der Waals surface area contributed by atoms with Crippen molar-refractivity contribution in [3.63, 3.8) is 0 Å². The van der Waals surface area contributed by atoms with Crippen molar-refractivity contribution < 1.29 is 14.3 Å². The SMILES string of the molecule is CCOC(=O)C(C)(C)CCCOc1ccc(-c2csc(N)n2)cc1. The molecule has 24 heavy (non-hydrogen) atoms. The van der Waals surface area contributed by atoms with Crippen LogP contribution in [0.4, 0.5) is 5.13 Å². The summed E-state index contributed by atoms with van der Waals surface area (Å²) in [5, 5.41) is 2.50. The summed E-state index contributed by atoms with van der Waals surface area (Å²) in [5.41, 5.74) is 7.06. The Labute approximate surface area is 146 Å². The molecule has 0 saturated carbocycles. The van der Waals surface area contributed by atoms with Gasteiger partial charge in [-0.25, -0.2) is 4.98 Å². The summed E-state index contributed by atoms with van der Waals surface area (Å²) in [6.07, 6.45) is 1.51.